The topological polar surface area (TPSA) is 52.6 Å². The van der Waals surface area contributed by atoms with Crippen LogP contribution >= 0.6 is 0 Å². The van der Waals surface area contributed by atoms with E-state index >= 15 is 0 Å². The van der Waals surface area contributed by atoms with Crippen LogP contribution in [0.5, 0.6) is 0 Å². The lowest BCUT2D eigenvalue weighted by molar-refractivity contribution is -0.133. The predicted octanol–water partition coefficient (Wildman–Crippen LogP) is -0.278. The maximum absolute atomic E-state index is 11.9. The Balaban J connectivity index is 1.87. The Morgan fingerprint density at radius 1 is 1.36 bits per heavy atom. The first-order valence-corrected chi connectivity index (χ1v) is 5.47. The first-order valence-electron chi connectivity index (χ1n) is 5.47. The summed E-state index contributed by atoms with van der Waals surface area (Å²) in [5.74, 6) is 0.182. The van der Waals surface area contributed by atoms with Gasteiger partial charge >= 0.3 is 0 Å². The molecular formula is C10H18N2O2. The van der Waals surface area contributed by atoms with Crippen molar-refractivity contribution < 1.29 is 9.90 Å². The van der Waals surface area contributed by atoms with Crippen molar-refractivity contribution in [2.75, 3.05) is 19.6 Å². The van der Waals surface area contributed by atoms with Crippen molar-refractivity contribution >= 4 is 5.91 Å². The first-order chi connectivity index (χ1) is 6.77. The molecule has 0 aromatic heterocycles. The van der Waals surface area contributed by atoms with Gasteiger partial charge in [0.25, 0.3) is 0 Å². The number of piperidine rings is 1. The van der Waals surface area contributed by atoms with Crippen LogP contribution in [-0.4, -0.2) is 47.7 Å². The molecule has 2 saturated heterocycles. The molecule has 1 amide bonds. The van der Waals surface area contributed by atoms with E-state index in [0.717, 1.165) is 32.4 Å². The lowest BCUT2D eigenvalue weighted by Crippen LogP contribution is -2.48. The van der Waals surface area contributed by atoms with Gasteiger partial charge in [-0.3, -0.25) is 4.79 Å². The summed E-state index contributed by atoms with van der Waals surface area (Å²) in [7, 11) is 0. The van der Waals surface area contributed by atoms with Gasteiger partial charge in [-0.2, -0.15) is 0 Å². The Morgan fingerprint density at radius 2 is 2.21 bits per heavy atom. The fraction of sp³-hybridized carbons (Fsp3) is 0.900. The van der Waals surface area contributed by atoms with E-state index in [1.807, 2.05) is 0 Å². The number of carbonyl (C=O) groups is 1. The number of amides is 1. The SMILES string of the molecule is O=C(C1CCCCN1)N1CC[C@H](O)C1. The second-order valence-electron chi connectivity index (χ2n) is 4.23. The molecule has 2 fully saturated rings. The zero-order chi connectivity index (χ0) is 9.97. The van der Waals surface area contributed by atoms with Crippen LogP contribution in [0.25, 0.3) is 0 Å². The van der Waals surface area contributed by atoms with Gasteiger partial charge in [0.05, 0.1) is 12.1 Å². The van der Waals surface area contributed by atoms with Gasteiger partial charge in [-0.25, -0.2) is 0 Å². The molecule has 14 heavy (non-hydrogen) atoms. The number of nitrogens with one attached hydrogen (secondary N) is 1. The molecule has 0 aromatic carbocycles. The van der Waals surface area contributed by atoms with Crippen molar-refractivity contribution in [3.63, 3.8) is 0 Å². The van der Waals surface area contributed by atoms with Gasteiger partial charge in [0.1, 0.15) is 0 Å². The van der Waals surface area contributed by atoms with E-state index in [0.29, 0.717) is 6.54 Å². The second kappa shape index (κ2) is 4.28. The van der Waals surface area contributed by atoms with Crippen LogP contribution in [0, 0.1) is 0 Å². The van der Waals surface area contributed by atoms with Gasteiger partial charge < -0.3 is 15.3 Å². The Kier molecular flexibility index (Phi) is 3.03. The highest BCUT2D eigenvalue weighted by Gasteiger charge is 2.30. The molecule has 2 aliphatic heterocycles. The summed E-state index contributed by atoms with van der Waals surface area (Å²) < 4.78 is 0. The molecule has 4 nitrogen and oxygen atoms in total. The summed E-state index contributed by atoms with van der Waals surface area (Å²) in [5, 5.41) is 12.6. The molecule has 0 aliphatic carbocycles. The van der Waals surface area contributed by atoms with Gasteiger partial charge in [-0.15, -0.1) is 0 Å². The van der Waals surface area contributed by atoms with Crippen molar-refractivity contribution in [2.24, 2.45) is 0 Å². The Bertz CT molecular complexity index is 207. The van der Waals surface area contributed by atoms with E-state index in [1.165, 1.54) is 6.42 Å². The summed E-state index contributed by atoms with van der Waals surface area (Å²) in [6, 6.07) is 0.00838. The maximum Gasteiger partial charge on any atom is 0.239 e. The van der Waals surface area contributed by atoms with Gasteiger partial charge in [-0.05, 0) is 25.8 Å². The third-order valence-electron chi connectivity index (χ3n) is 3.08. The average Bonchev–Trinajstić information content (AvgIpc) is 2.65. The minimum atomic E-state index is -0.303. The fourth-order valence-electron chi connectivity index (χ4n) is 2.22. The molecule has 0 aromatic rings. The number of hydrogen-bond donors (Lipinski definition) is 2. The second-order valence-corrected chi connectivity index (χ2v) is 4.23. The number of aliphatic hydroxyl groups excluding tert-OH is 1. The monoisotopic (exact) mass is 198 g/mol. The highest BCUT2D eigenvalue weighted by atomic mass is 16.3. The molecule has 2 rings (SSSR count). The molecule has 1 unspecified atom stereocenters. The third-order valence-corrected chi connectivity index (χ3v) is 3.08. The van der Waals surface area contributed by atoms with E-state index in [9.17, 15) is 9.90 Å². The van der Waals surface area contributed by atoms with Crippen LogP contribution < -0.4 is 5.32 Å². The normalized spacial score (nSPS) is 33.4. The summed E-state index contributed by atoms with van der Waals surface area (Å²) in [5.41, 5.74) is 0. The molecule has 2 N–H and O–H groups in total. The maximum atomic E-state index is 11.9. The molecule has 2 atom stereocenters. The highest BCUT2D eigenvalue weighted by Crippen LogP contribution is 2.14. The molecule has 4 heteroatoms. The molecule has 80 valence electrons. The van der Waals surface area contributed by atoms with Crippen LogP contribution in [0.3, 0.4) is 0 Å². The number of hydrogen-bond acceptors (Lipinski definition) is 3. The predicted molar refractivity (Wildman–Crippen MR) is 52.8 cm³/mol. The van der Waals surface area contributed by atoms with Gasteiger partial charge in [0, 0.05) is 13.1 Å². The van der Waals surface area contributed by atoms with E-state index < -0.39 is 0 Å². The number of nitrogens with zero attached hydrogens (tertiary/aromatic N) is 1. The van der Waals surface area contributed by atoms with Crippen molar-refractivity contribution in [1.82, 2.24) is 10.2 Å². The minimum absolute atomic E-state index is 0.00838. The quantitative estimate of drug-likeness (QED) is 0.609. The van der Waals surface area contributed by atoms with Crippen molar-refractivity contribution in [1.29, 1.82) is 0 Å². The van der Waals surface area contributed by atoms with Crippen molar-refractivity contribution in [3.05, 3.63) is 0 Å². The van der Waals surface area contributed by atoms with E-state index in [2.05, 4.69) is 5.32 Å². The summed E-state index contributed by atoms with van der Waals surface area (Å²) >= 11 is 0. The van der Waals surface area contributed by atoms with Crippen LogP contribution in [-0.2, 0) is 4.79 Å². The molecule has 2 aliphatic rings. The summed E-state index contributed by atoms with van der Waals surface area (Å²) in [4.78, 5) is 13.7. The molecule has 2 heterocycles. The van der Waals surface area contributed by atoms with Crippen molar-refractivity contribution in [3.8, 4) is 0 Å². The molecular weight excluding hydrogens is 180 g/mol. The Hall–Kier alpha value is -0.610. The van der Waals surface area contributed by atoms with Gasteiger partial charge in [0.15, 0.2) is 0 Å². The zero-order valence-electron chi connectivity index (χ0n) is 8.41. The molecule has 0 bridgehead atoms. The number of carbonyl (C=O) groups excluding carboxylic acids is 1. The first kappa shape index (κ1) is 9.93. The lowest BCUT2D eigenvalue weighted by Gasteiger charge is -2.27. The standard InChI is InChI=1S/C10H18N2O2/c13-8-4-6-12(7-8)10(14)9-3-1-2-5-11-9/h8-9,11,13H,1-7H2/t8-,9?/m0/s1. The van der Waals surface area contributed by atoms with E-state index in [-0.39, 0.29) is 18.1 Å². The van der Waals surface area contributed by atoms with Crippen LogP contribution in [0.15, 0.2) is 0 Å². The lowest BCUT2D eigenvalue weighted by atomic mass is 10.0. The fourth-order valence-corrected chi connectivity index (χ4v) is 2.22. The number of β-amino-alcohol motifs (C(OH)–C–C–N with tert-alkyl or cyclic N) is 1. The summed E-state index contributed by atoms with van der Waals surface area (Å²) in [6.07, 6.45) is 3.69. The smallest absolute Gasteiger partial charge is 0.239 e. The van der Waals surface area contributed by atoms with Gasteiger partial charge in [-0.1, -0.05) is 6.42 Å². The van der Waals surface area contributed by atoms with Gasteiger partial charge in [0.2, 0.25) is 5.91 Å². The average molecular weight is 198 g/mol. The van der Waals surface area contributed by atoms with Crippen LogP contribution in [0.4, 0.5) is 0 Å². The number of aliphatic hydroxyl groups is 1. The van der Waals surface area contributed by atoms with Crippen LogP contribution in [0.2, 0.25) is 0 Å². The minimum Gasteiger partial charge on any atom is -0.391 e. The number of rotatable bonds is 1. The molecule has 0 spiro atoms. The summed E-state index contributed by atoms with van der Waals surface area (Å²) in [6.45, 7) is 2.20. The third kappa shape index (κ3) is 2.07. The van der Waals surface area contributed by atoms with Crippen LogP contribution in [0.1, 0.15) is 25.7 Å². The van der Waals surface area contributed by atoms with Crippen molar-refractivity contribution in [2.45, 2.75) is 37.8 Å². The molecule has 0 radical (unpaired) electrons. The highest BCUT2D eigenvalue weighted by molar-refractivity contribution is 5.82. The van der Waals surface area contributed by atoms with E-state index in [1.54, 1.807) is 4.90 Å². The largest absolute Gasteiger partial charge is 0.391 e. The number of likely N-dealkylation sites (tertiary alicyclic amines) is 1. The Morgan fingerprint density at radius 3 is 2.79 bits per heavy atom. The van der Waals surface area contributed by atoms with E-state index in [4.69, 9.17) is 0 Å². The zero-order valence-corrected chi connectivity index (χ0v) is 8.41. The molecule has 0 saturated carbocycles. The Labute approximate surface area is 84.3 Å².